The monoisotopic (exact) mass is 703 g/mol. The molecule has 0 N–H and O–H groups in total. The number of rotatable bonds is 7. The van der Waals surface area contributed by atoms with Crippen molar-refractivity contribution in [3.8, 4) is 44.7 Å². The van der Waals surface area contributed by atoms with Gasteiger partial charge in [-0.25, -0.2) is 0 Å². The third kappa shape index (κ3) is 6.04. The van der Waals surface area contributed by atoms with Crippen LogP contribution in [-0.2, 0) is 0 Å². The molecule has 0 aliphatic heterocycles. The summed E-state index contributed by atoms with van der Waals surface area (Å²) >= 11 is 0. The lowest BCUT2D eigenvalue weighted by atomic mass is 9.97. The molecule has 0 spiro atoms. The first kappa shape index (κ1) is 32.5. The fourth-order valence-electron chi connectivity index (χ4n) is 7.99. The van der Waals surface area contributed by atoms with E-state index in [1.807, 2.05) is 12.1 Å². The summed E-state index contributed by atoms with van der Waals surface area (Å²) < 4.78 is 6.33. The minimum atomic E-state index is 0.917. The van der Waals surface area contributed by atoms with Crippen LogP contribution in [0, 0.1) is 6.92 Å². The average Bonchev–Trinajstić information content (AvgIpc) is 3.60. The zero-order valence-corrected chi connectivity index (χ0v) is 30.5. The van der Waals surface area contributed by atoms with Crippen LogP contribution in [0.5, 0.6) is 0 Å². The molecule has 2 nitrogen and oxygen atoms in total. The maximum Gasteiger partial charge on any atom is 0.138 e. The van der Waals surface area contributed by atoms with Crippen molar-refractivity contribution in [3.63, 3.8) is 0 Å². The van der Waals surface area contributed by atoms with E-state index in [1.165, 1.54) is 43.8 Å². The van der Waals surface area contributed by atoms with Crippen molar-refractivity contribution in [1.82, 2.24) is 0 Å². The Kier molecular flexibility index (Phi) is 8.08. The van der Waals surface area contributed by atoms with Crippen molar-refractivity contribution >= 4 is 49.6 Å². The molecule has 0 amide bonds. The highest BCUT2D eigenvalue weighted by molar-refractivity contribution is 6.08. The highest BCUT2D eigenvalue weighted by Crippen LogP contribution is 2.40. The Labute approximate surface area is 321 Å². The number of aryl methyl sites for hydroxylation is 1. The number of furan rings is 1. The first-order valence-electron chi connectivity index (χ1n) is 18.8. The summed E-state index contributed by atoms with van der Waals surface area (Å²) in [5, 5.41) is 6.24. The van der Waals surface area contributed by atoms with Gasteiger partial charge in [-0.15, -0.1) is 0 Å². The highest BCUT2D eigenvalue weighted by atomic mass is 16.3. The van der Waals surface area contributed by atoms with Crippen LogP contribution in [0.1, 0.15) is 5.56 Å². The van der Waals surface area contributed by atoms with Gasteiger partial charge in [0, 0.05) is 33.6 Å². The van der Waals surface area contributed by atoms with E-state index < -0.39 is 0 Å². The van der Waals surface area contributed by atoms with Crippen LogP contribution in [0.15, 0.2) is 211 Å². The first-order valence-corrected chi connectivity index (χ1v) is 18.8. The summed E-state index contributed by atoms with van der Waals surface area (Å²) in [4.78, 5) is 2.35. The molecule has 260 valence electrons. The minimum absolute atomic E-state index is 0.917. The molecule has 9 aromatic carbocycles. The first-order chi connectivity index (χ1) is 27.2. The Balaban J connectivity index is 1.01. The van der Waals surface area contributed by atoms with Gasteiger partial charge >= 0.3 is 0 Å². The molecule has 1 heterocycles. The smallest absolute Gasteiger partial charge is 0.138 e. The van der Waals surface area contributed by atoms with E-state index in [2.05, 4.69) is 206 Å². The van der Waals surface area contributed by atoms with Gasteiger partial charge in [0.05, 0.1) is 0 Å². The average molecular weight is 704 g/mol. The van der Waals surface area contributed by atoms with Crippen molar-refractivity contribution in [1.29, 1.82) is 0 Å². The Hall–Kier alpha value is -7.16. The van der Waals surface area contributed by atoms with Gasteiger partial charge in [-0.05, 0) is 116 Å². The van der Waals surface area contributed by atoms with Gasteiger partial charge in [0.2, 0.25) is 0 Å². The van der Waals surface area contributed by atoms with Crippen LogP contribution in [0.2, 0.25) is 0 Å². The molecule has 0 saturated heterocycles. The molecule has 0 radical (unpaired) electrons. The van der Waals surface area contributed by atoms with E-state index in [0.29, 0.717) is 0 Å². The SMILES string of the molecule is Cc1c(-c2cccc(-c3ccc(N(c4ccc(-c5ccc6c(ccc7ccccc76)c5)cc4)c4cccc(-c5ccccc5)c4)cc3)c2)oc2ccccc12. The second-order valence-corrected chi connectivity index (χ2v) is 14.2. The summed E-state index contributed by atoms with van der Waals surface area (Å²) in [6, 6.07) is 74.0. The van der Waals surface area contributed by atoms with Crippen LogP contribution < -0.4 is 4.90 Å². The van der Waals surface area contributed by atoms with Crippen LogP contribution in [0.4, 0.5) is 17.1 Å². The third-order valence-corrected chi connectivity index (χ3v) is 10.8. The fraction of sp³-hybridized carbons (Fsp3) is 0.0189. The topological polar surface area (TPSA) is 16.4 Å². The number of benzene rings is 9. The second kappa shape index (κ2) is 13.7. The van der Waals surface area contributed by atoms with Crippen molar-refractivity contribution in [2.45, 2.75) is 6.92 Å². The van der Waals surface area contributed by atoms with Gasteiger partial charge in [0.15, 0.2) is 0 Å². The third-order valence-electron chi connectivity index (χ3n) is 10.8. The lowest BCUT2D eigenvalue weighted by molar-refractivity contribution is 0.629. The zero-order chi connectivity index (χ0) is 36.7. The summed E-state index contributed by atoms with van der Waals surface area (Å²) in [6.07, 6.45) is 0. The molecule has 0 aliphatic rings. The lowest BCUT2D eigenvalue weighted by Crippen LogP contribution is -2.10. The molecule has 0 bridgehead atoms. The largest absolute Gasteiger partial charge is 0.456 e. The van der Waals surface area contributed by atoms with E-state index in [1.54, 1.807) is 0 Å². The predicted molar refractivity (Wildman–Crippen MR) is 232 cm³/mol. The number of nitrogens with zero attached hydrogens (tertiary/aromatic N) is 1. The molecule has 55 heavy (non-hydrogen) atoms. The van der Waals surface area contributed by atoms with Gasteiger partial charge in [0.25, 0.3) is 0 Å². The lowest BCUT2D eigenvalue weighted by Gasteiger charge is -2.26. The number of fused-ring (bicyclic) bond motifs is 4. The summed E-state index contributed by atoms with van der Waals surface area (Å²) in [6.45, 7) is 2.14. The zero-order valence-electron chi connectivity index (χ0n) is 30.5. The molecule has 0 fully saturated rings. The maximum atomic E-state index is 6.33. The predicted octanol–water partition coefficient (Wildman–Crippen LogP) is 15.2. The number of para-hydroxylation sites is 1. The van der Waals surface area contributed by atoms with Crippen LogP contribution in [-0.4, -0.2) is 0 Å². The molecular formula is C53H37NO. The van der Waals surface area contributed by atoms with Crippen molar-refractivity contribution in [3.05, 3.63) is 212 Å². The van der Waals surface area contributed by atoms with Crippen LogP contribution in [0.25, 0.3) is 77.2 Å². The number of hydrogen-bond acceptors (Lipinski definition) is 2. The Bertz CT molecular complexity index is 2970. The van der Waals surface area contributed by atoms with Gasteiger partial charge in [-0.3, -0.25) is 0 Å². The van der Waals surface area contributed by atoms with E-state index in [4.69, 9.17) is 4.42 Å². The molecular weight excluding hydrogens is 667 g/mol. The van der Waals surface area contributed by atoms with Crippen molar-refractivity contribution in [2.24, 2.45) is 0 Å². The summed E-state index contributed by atoms with van der Waals surface area (Å²) in [5.41, 5.74) is 13.5. The fourth-order valence-corrected chi connectivity index (χ4v) is 7.99. The molecule has 0 aliphatic carbocycles. The van der Waals surface area contributed by atoms with E-state index in [-0.39, 0.29) is 0 Å². The molecule has 0 unspecified atom stereocenters. The van der Waals surface area contributed by atoms with Gasteiger partial charge in [-0.1, -0.05) is 152 Å². The van der Waals surface area contributed by atoms with E-state index >= 15 is 0 Å². The molecule has 1 aromatic heterocycles. The standard InChI is InChI=1S/C53H37NO/c1-36-49-18-7-8-20-52(49)55-53(36)45-16-9-14-41(34-45)38-23-28-46(29-24-38)54(48-17-10-15-42(35-48)37-11-3-2-4-12-37)47-30-25-39(26-31-47)43-27-32-51-44(33-43)22-21-40-13-5-6-19-50(40)51/h2-35H,1H3. The second-order valence-electron chi connectivity index (χ2n) is 14.2. The molecule has 10 rings (SSSR count). The van der Waals surface area contributed by atoms with Crippen molar-refractivity contribution < 1.29 is 4.42 Å². The van der Waals surface area contributed by atoms with Crippen LogP contribution >= 0.6 is 0 Å². The van der Waals surface area contributed by atoms with Crippen molar-refractivity contribution in [2.75, 3.05) is 4.90 Å². The highest BCUT2D eigenvalue weighted by Gasteiger charge is 2.16. The molecule has 0 saturated carbocycles. The molecule has 0 atom stereocenters. The Morgan fingerprint density at radius 1 is 0.327 bits per heavy atom. The Morgan fingerprint density at radius 2 is 0.855 bits per heavy atom. The van der Waals surface area contributed by atoms with Gasteiger partial charge < -0.3 is 9.32 Å². The number of anilines is 3. The van der Waals surface area contributed by atoms with Crippen LogP contribution in [0.3, 0.4) is 0 Å². The Morgan fingerprint density at radius 3 is 1.60 bits per heavy atom. The minimum Gasteiger partial charge on any atom is -0.456 e. The van der Waals surface area contributed by atoms with Gasteiger partial charge in [-0.2, -0.15) is 0 Å². The normalized spacial score (nSPS) is 11.4. The van der Waals surface area contributed by atoms with E-state index in [0.717, 1.165) is 56.0 Å². The number of hydrogen-bond donors (Lipinski definition) is 0. The quantitative estimate of drug-likeness (QED) is 0.154. The van der Waals surface area contributed by atoms with Gasteiger partial charge in [0.1, 0.15) is 11.3 Å². The molecule has 2 heteroatoms. The van der Waals surface area contributed by atoms with E-state index in [9.17, 15) is 0 Å². The maximum absolute atomic E-state index is 6.33. The molecule has 10 aromatic rings. The summed E-state index contributed by atoms with van der Waals surface area (Å²) in [7, 11) is 0. The summed E-state index contributed by atoms with van der Waals surface area (Å²) in [5.74, 6) is 0.921.